The van der Waals surface area contributed by atoms with E-state index in [1.54, 1.807) is 6.92 Å². The highest BCUT2D eigenvalue weighted by molar-refractivity contribution is 5.77. The zero-order valence-corrected chi connectivity index (χ0v) is 7.98. The molecule has 0 aromatic rings. The molecular weight excluding hydrogens is 136 g/mol. The second kappa shape index (κ2) is 5.11. The van der Waals surface area contributed by atoms with Crippen LogP contribution in [0.3, 0.4) is 0 Å². The largest absolute Gasteiger partial charge is 0.300 e. The smallest absolute Gasteiger partial charge is 0.132 e. The minimum absolute atomic E-state index is 0.191. The number of rotatable bonds is 4. The van der Waals surface area contributed by atoms with Crippen LogP contribution in [-0.4, -0.2) is 5.78 Å². The van der Waals surface area contributed by atoms with Gasteiger partial charge in [0.2, 0.25) is 0 Å². The quantitative estimate of drug-likeness (QED) is 0.569. The third kappa shape index (κ3) is 4.77. The van der Waals surface area contributed by atoms with E-state index in [4.69, 9.17) is 0 Å². The van der Waals surface area contributed by atoms with Gasteiger partial charge in [-0.1, -0.05) is 25.5 Å². The third-order valence-electron chi connectivity index (χ3n) is 2.07. The molecule has 11 heavy (non-hydrogen) atoms. The van der Waals surface area contributed by atoms with Gasteiger partial charge in [0.15, 0.2) is 0 Å². The Labute approximate surface area is 69.5 Å². The Hall–Kier alpha value is -0.590. The lowest BCUT2D eigenvalue weighted by Crippen LogP contribution is -2.04. The van der Waals surface area contributed by atoms with Crippen LogP contribution in [0.5, 0.6) is 0 Å². The summed E-state index contributed by atoms with van der Waals surface area (Å²) in [5.74, 6) is 0.474. The molecule has 0 spiro atoms. The average molecular weight is 154 g/mol. The molecule has 0 saturated carbocycles. The number of hydrogen-bond donors (Lipinski definition) is 0. The van der Waals surface area contributed by atoms with Gasteiger partial charge in [0.25, 0.3) is 0 Å². The molecule has 0 aromatic heterocycles. The second-order valence-corrected chi connectivity index (χ2v) is 3.15. The van der Waals surface area contributed by atoms with E-state index in [2.05, 4.69) is 19.9 Å². The van der Waals surface area contributed by atoms with Gasteiger partial charge in [-0.05, 0) is 26.7 Å². The van der Waals surface area contributed by atoms with Crippen LogP contribution in [0.15, 0.2) is 11.6 Å². The lowest BCUT2D eigenvalue weighted by atomic mass is 10.0. The van der Waals surface area contributed by atoms with Gasteiger partial charge < -0.3 is 0 Å². The fourth-order valence-electron chi connectivity index (χ4n) is 0.688. The number of Topliss-reactive ketones (excluding diaryl/α,β-unsaturated/α-hetero) is 1. The van der Waals surface area contributed by atoms with Gasteiger partial charge in [-0.3, -0.25) is 4.79 Å². The predicted octanol–water partition coefficient (Wildman–Crippen LogP) is 2.96. The fraction of sp³-hybridized carbons (Fsp3) is 0.700. The molecule has 1 atom stereocenters. The van der Waals surface area contributed by atoms with E-state index in [0.717, 1.165) is 12.8 Å². The van der Waals surface area contributed by atoms with Crippen molar-refractivity contribution in [1.29, 1.82) is 0 Å². The number of ketones is 1. The molecule has 64 valence electrons. The molecule has 0 aliphatic carbocycles. The first-order valence-electron chi connectivity index (χ1n) is 4.24. The summed E-state index contributed by atoms with van der Waals surface area (Å²) in [7, 11) is 0. The average Bonchev–Trinajstić information content (AvgIpc) is 1.99. The van der Waals surface area contributed by atoms with E-state index in [-0.39, 0.29) is 11.7 Å². The van der Waals surface area contributed by atoms with Gasteiger partial charge in [0.1, 0.15) is 5.78 Å². The van der Waals surface area contributed by atoms with Crippen molar-refractivity contribution in [2.75, 3.05) is 0 Å². The van der Waals surface area contributed by atoms with Gasteiger partial charge >= 0.3 is 0 Å². The van der Waals surface area contributed by atoms with Crippen LogP contribution < -0.4 is 0 Å². The van der Waals surface area contributed by atoms with Crippen LogP contribution in [-0.2, 0) is 4.79 Å². The van der Waals surface area contributed by atoms with Gasteiger partial charge in [0.05, 0.1) is 0 Å². The van der Waals surface area contributed by atoms with E-state index < -0.39 is 0 Å². The Balaban J connectivity index is 3.78. The van der Waals surface area contributed by atoms with Crippen molar-refractivity contribution in [3.63, 3.8) is 0 Å². The van der Waals surface area contributed by atoms with Crippen molar-refractivity contribution >= 4 is 5.78 Å². The zero-order chi connectivity index (χ0) is 8.85. The van der Waals surface area contributed by atoms with Crippen molar-refractivity contribution in [1.82, 2.24) is 0 Å². The lowest BCUT2D eigenvalue weighted by Gasteiger charge is -2.03. The Morgan fingerprint density at radius 3 is 2.36 bits per heavy atom. The molecule has 0 amide bonds. The van der Waals surface area contributed by atoms with E-state index in [1.807, 2.05) is 6.92 Å². The highest BCUT2D eigenvalue weighted by atomic mass is 16.1. The van der Waals surface area contributed by atoms with Crippen molar-refractivity contribution in [2.24, 2.45) is 5.92 Å². The first-order valence-corrected chi connectivity index (χ1v) is 4.24. The maximum atomic E-state index is 10.8. The molecule has 0 bridgehead atoms. The van der Waals surface area contributed by atoms with Crippen LogP contribution in [0.4, 0.5) is 0 Å². The van der Waals surface area contributed by atoms with E-state index in [0.29, 0.717) is 0 Å². The Morgan fingerprint density at radius 1 is 1.45 bits per heavy atom. The topological polar surface area (TPSA) is 17.1 Å². The SMILES string of the molecule is CC/C(C)=C/CC(C)C(C)=O. The van der Waals surface area contributed by atoms with Crippen molar-refractivity contribution in [3.05, 3.63) is 11.6 Å². The number of allylic oxidation sites excluding steroid dienone is 2. The molecule has 0 heterocycles. The summed E-state index contributed by atoms with van der Waals surface area (Å²) in [6, 6.07) is 0. The third-order valence-corrected chi connectivity index (χ3v) is 2.07. The summed E-state index contributed by atoms with van der Waals surface area (Å²) in [5.41, 5.74) is 1.37. The molecule has 0 N–H and O–H groups in total. The van der Waals surface area contributed by atoms with E-state index in [1.165, 1.54) is 5.57 Å². The Morgan fingerprint density at radius 2 is 2.00 bits per heavy atom. The maximum Gasteiger partial charge on any atom is 0.132 e. The standard InChI is InChI=1S/C10H18O/c1-5-8(2)6-7-9(3)10(4)11/h6,9H,5,7H2,1-4H3/b8-6+. The summed E-state index contributed by atoms with van der Waals surface area (Å²) in [6.07, 6.45) is 4.14. The molecule has 0 aliphatic rings. The fourth-order valence-corrected chi connectivity index (χ4v) is 0.688. The summed E-state index contributed by atoms with van der Waals surface area (Å²) < 4.78 is 0. The van der Waals surface area contributed by atoms with E-state index in [9.17, 15) is 4.79 Å². The monoisotopic (exact) mass is 154 g/mol. The molecular formula is C10H18O. The highest BCUT2D eigenvalue weighted by Gasteiger charge is 2.04. The Bertz CT molecular complexity index is 156. The minimum Gasteiger partial charge on any atom is -0.300 e. The first kappa shape index (κ1) is 10.4. The van der Waals surface area contributed by atoms with Crippen LogP contribution in [0.2, 0.25) is 0 Å². The lowest BCUT2D eigenvalue weighted by molar-refractivity contribution is -0.120. The molecule has 0 aliphatic heterocycles. The molecule has 0 rings (SSSR count). The Kier molecular flexibility index (Phi) is 4.84. The van der Waals surface area contributed by atoms with Crippen LogP contribution >= 0.6 is 0 Å². The van der Waals surface area contributed by atoms with Crippen molar-refractivity contribution < 1.29 is 4.79 Å². The summed E-state index contributed by atoms with van der Waals surface area (Å²) >= 11 is 0. The maximum absolute atomic E-state index is 10.8. The van der Waals surface area contributed by atoms with Gasteiger partial charge in [-0.2, -0.15) is 0 Å². The van der Waals surface area contributed by atoms with E-state index >= 15 is 0 Å². The summed E-state index contributed by atoms with van der Waals surface area (Å²) in [5, 5.41) is 0. The van der Waals surface area contributed by atoms with Gasteiger partial charge in [-0.15, -0.1) is 0 Å². The van der Waals surface area contributed by atoms with Gasteiger partial charge in [-0.25, -0.2) is 0 Å². The van der Waals surface area contributed by atoms with Gasteiger partial charge in [0, 0.05) is 5.92 Å². The predicted molar refractivity (Wildman–Crippen MR) is 48.5 cm³/mol. The molecule has 1 nitrogen and oxygen atoms in total. The number of hydrogen-bond acceptors (Lipinski definition) is 1. The molecule has 0 saturated heterocycles. The number of carbonyl (C=O) groups is 1. The number of carbonyl (C=O) groups excluding carboxylic acids is 1. The van der Waals surface area contributed by atoms with Crippen LogP contribution in [0.1, 0.15) is 40.5 Å². The minimum atomic E-state index is 0.191. The van der Waals surface area contributed by atoms with Crippen LogP contribution in [0.25, 0.3) is 0 Å². The molecule has 0 fully saturated rings. The van der Waals surface area contributed by atoms with Crippen molar-refractivity contribution in [3.8, 4) is 0 Å². The molecule has 0 aromatic carbocycles. The summed E-state index contributed by atoms with van der Waals surface area (Å²) in [4.78, 5) is 10.8. The molecule has 1 unspecified atom stereocenters. The van der Waals surface area contributed by atoms with Crippen LogP contribution in [0, 0.1) is 5.92 Å². The summed E-state index contributed by atoms with van der Waals surface area (Å²) in [6.45, 7) is 7.86. The normalized spacial score (nSPS) is 14.7. The molecule has 0 radical (unpaired) electrons. The zero-order valence-electron chi connectivity index (χ0n) is 7.98. The second-order valence-electron chi connectivity index (χ2n) is 3.15. The van der Waals surface area contributed by atoms with Crippen molar-refractivity contribution in [2.45, 2.75) is 40.5 Å². The molecule has 1 heteroatoms. The highest BCUT2D eigenvalue weighted by Crippen LogP contribution is 2.08. The first-order chi connectivity index (χ1) is 5.07.